The summed E-state index contributed by atoms with van der Waals surface area (Å²) in [7, 11) is 6.98. The maximum Gasteiger partial charge on any atom is 0.295 e. The number of rotatable bonds is 8. The summed E-state index contributed by atoms with van der Waals surface area (Å²) in [6, 6.07) is 11.6. The van der Waals surface area contributed by atoms with Gasteiger partial charge in [-0.15, -0.1) is 0 Å². The number of carbonyl (C=O) groups is 2. The van der Waals surface area contributed by atoms with Crippen LogP contribution in [0, 0.1) is 6.92 Å². The van der Waals surface area contributed by atoms with Gasteiger partial charge in [0.15, 0.2) is 0 Å². The Balaban J connectivity index is 2.18. The van der Waals surface area contributed by atoms with Crippen molar-refractivity contribution in [3.8, 4) is 11.5 Å². The zero-order chi connectivity index (χ0) is 23.4. The molecule has 3 rings (SSSR count). The first-order valence-electron chi connectivity index (χ1n) is 10.5. The van der Waals surface area contributed by atoms with Crippen LogP contribution in [0.1, 0.15) is 29.2 Å². The molecule has 7 nitrogen and oxygen atoms in total. The second-order valence-electron chi connectivity index (χ2n) is 8.12. The van der Waals surface area contributed by atoms with E-state index in [2.05, 4.69) is 0 Å². The minimum Gasteiger partial charge on any atom is -0.507 e. The number of likely N-dealkylation sites (tertiary alicyclic amines) is 1. The van der Waals surface area contributed by atoms with Gasteiger partial charge in [0.25, 0.3) is 11.7 Å². The first-order valence-corrected chi connectivity index (χ1v) is 10.5. The lowest BCUT2D eigenvalue weighted by Gasteiger charge is -2.27. The summed E-state index contributed by atoms with van der Waals surface area (Å²) in [6.45, 7) is 3.05. The van der Waals surface area contributed by atoms with Gasteiger partial charge in [0.1, 0.15) is 17.3 Å². The molecule has 1 atom stereocenters. The number of Topliss-reactive ketones (excluding diaryl/α,β-unsaturated/α-hetero) is 1. The number of aryl methyl sites for hydroxylation is 1. The average molecular weight is 439 g/mol. The largest absolute Gasteiger partial charge is 0.507 e. The molecule has 0 radical (unpaired) electrons. The molecule has 0 aliphatic carbocycles. The van der Waals surface area contributed by atoms with Crippen molar-refractivity contribution in [1.29, 1.82) is 0 Å². The van der Waals surface area contributed by atoms with Crippen LogP contribution < -0.4 is 9.47 Å². The van der Waals surface area contributed by atoms with Gasteiger partial charge in [0, 0.05) is 17.7 Å². The topological polar surface area (TPSA) is 79.3 Å². The lowest BCUT2D eigenvalue weighted by molar-refractivity contribution is -0.140. The molecule has 0 bridgehead atoms. The van der Waals surface area contributed by atoms with E-state index in [1.165, 1.54) is 12.0 Å². The molecular weight excluding hydrogens is 408 g/mol. The van der Waals surface area contributed by atoms with Crippen molar-refractivity contribution in [3.05, 3.63) is 64.7 Å². The van der Waals surface area contributed by atoms with Crippen LogP contribution in [0.25, 0.3) is 5.76 Å². The van der Waals surface area contributed by atoms with E-state index in [0.29, 0.717) is 35.6 Å². The molecule has 1 fully saturated rings. The fourth-order valence-electron chi connectivity index (χ4n) is 3.91. The summed E-state index contributed by atoms with van der Waals surface area (Å²) in [5.74, 6) is -0.469. The molecule has 1 heterocycles. The van der Waals surface area contributed by atoms with Crippen LogP contribution in [0.5, 0.6) is 11.5 Å². The highest BCUT2D eigenvalue weighted by atomic mass is 16.5. The van der Waals surface area contributed by atoms with Crippen molar-refractivity contribution in [2.24, 2.45) is 0 Å². The number of aliphatic hydroxyl groups excluding tert-OH is 1. The Hall–Kier alpha value is -3.32. The first-order chi connectivity index (χ1) is 15.3. The summed E-state index contributed by atoms with van der Waals surface area (Å²) >= 11 is 0. The van der Waals surface area contributed by atoms with Gasteiger partial charge in [-0.2, -0.15) is 0 Å². The van der Waals surface area contributed by atoms with Crippen molar-refractivity contribution in [2.45, 2.75) is 19.4 Å². The number of hydrogen-bond acceptors (Lipinski definition) is 6. The van der Waals surface area contributed by atoms with E-state index in [4.69, 9.17) is 9.47 Å². The van der Waals surface area contributed by atoms with Crippen molar-refractivity contribution in [2.75, 3.05) is 41.4 Å². The summed E-state index contributed by atoms with van der Waals surface area (Å²) in [5, 5.41) is 11.2. The molecule has 0 aromatic heterocycles. The number of amides is 1. The lowest BCUT2D eigenvalue weighted by atomic mass is 9.94. The van der Waals surface area contributed by atoms with Gasteiger partial charge >= 0.3 is 0 Å². The van der Waals surface area contributed by atoms with E-state index in [-0.39, 0.29) is 11.3 Å². The molecule has 0 unspecified atom stereocenters. The standard InChI is InChI=1S/C25H30N2O5/c1-16-7-9-17(10-8-16)23(28)21-22(19-15-18(31-4)11-12-20(19)32-5)27(25(30)24(21)29)14-6-13-26(2)3/h7-12,15,22,28H,6,13-14H2,1-5H3/b23-21+/t22-/m0/s1. The SMILES string of the molecule is COc1ccc(OC)c([C@H]2/C(=C(\O)c3ccc(C)cc3)C(=O)C(=O)N2CCCN(C)C)c1. The predicted molar refractivity (Wildman–Crippen MR) is 123 cm³/mol. The monoisotopic (exact) mass is 438 g/mol. The highest BCUT2D eigenvalue weighted by Crippen LogP contribution is 2.43. The van der Waals surface area contributed by atoms with Crippen molar-refractivity contribution >= 4 is 17.4 Å². The minimum absolute atomic E-state index is 0.0512. The quantitative estimate of drug-likeness (QED) is 0.387. The van der Waals surface area contributed by atoms with Crippen molar-refractivity contribution in [1.82, 2.24) is 9.80 Å². The number of ketones is 1. The molecule has 7 heteroatoms. The molecule has 0 spiro atoms. The Morgan fingerprint density at radius 2 is 1.75 bits per heavy atom. The molecule has 0 saturated carbocycles. The van der Waals surface area contributed by atoms with Crippen LogP contribution >= 0.6 is 0 Å². The predicted octanol–water partition coefficient (Wildman–Crippen LogP) is 3.39. The number of aliphatic hydroxyl groups is 1. The van der Waals surface area contributed by atoms with Crippen molar-refractivity contribution in [3.63, 3.8) is 0 Å². The van der Waals surface area contributed by atoms with Crippen LogP contribution in [0.3, 0.4) is 0 Å². The third kappa shape index (κ3) is 4.62. The normalized spacial score (nSPS) is 17.8. The van der Waals surface area contributed by atoms with Crippen LogP contribution in [-0.4, -0.2) is 68.0 Å². The fourth-order valence-corrected chi connectivity index (χ4v) is 3.91. The van der Waals surface area contributed by atoms with E-state index < -0.39 is 17.7 Å². The maximum atomic E-state index is 13.1. The van der Waals surface area contributed by atoms with E-state index in [1.807, 2.05) is 38.1 Å². The van der Waals surface area contributed by atoms with Gasteiger partial charge in [0.2, 0.25) is 0 Å². The minimum atomic E-state index is -0.788. The Labute approximate surface area is 188 Å². The number of ether oxygens (including phenoxy) is 2. The van der Waals surface area contributed by atoms with E-state index in [1.54, 1.807) is 37.4 Å². The van der Waals surface area contributed by atoms with Gasteiger partial charge in [-0.25, -0.2) is 0 Å². The van der Waals surface area contributed by atoms with Gasteiger partial charge in [-0.1, -0.05) is 29.8 Å². The van der Waals surface area contributed by atoms with Crippen LogP contribution in [0.15, 0.2) is 48.0 Å². The van der Waals surface area contributed by atoms with Crippen molar-refractivity contribution < 1.29 is 24.2 Å². The van der Waals surface area contributed by atoms with Crippen LogP contribution in [-0.2, 0) is 9.59 Å². The Morgan fingerprint density at radius 3 is 2.34 bits per heavy atom. The van der Waals surface area contributed by atoms with Gasteiger partial charge in [-0.05, 0) is 52.2 Å². The summed E-state index contributed by atoms with van der Waals surface area (Å²) in [5.41, 5.74) is 2.14. The molecule has 1 aliphatic heterocycles. The highest BCUT2D eigenvalue weighted by Gasteiger charge is 2.47. The molecule has 32 heavy (non-hydrogen) atoms. The molecule has 170 valence electrons. The Bertz CT molecular complexity index is 1030. The molecule has 1 N–H and O–H groups in total. The Morgan fingerprint density at radius 1 is 1.06 bits per heavy atom. The number of carbonyl (C=O) groups excluding carboxylic acids is 2. The van der Waals surface area contributed by atoms with Gasteiger partial charge in [0.05, 0.1) is 25.8 Å². The first kappa shape index (κ1) is 23.3. The van der Waals surface area contributed by atoms with Gasteiger partial charge in [-0.3, -0.25) is 9.59 Å². The lowest BCUT2D eigenvalue weighted by Crippen LogP contribution is -2.32. The highest BCUT2D eigenvalue weighted by molar-refractivity contribution is 6.46. The molecular formula is C25H30N2O5. The molecule has 1 amide bonds. The fraction of sp³-hybridized carbons (Fsp3) is 0.360. The van der Waals surface area contributed by atoms with Gasteiger partial charge < -0.3 is 24.4 Å². The smallest absolute Gasteiger partial charge is 0.295 e. The Kier molecular flexibility index (Phi) is 7.20. The number of hydrogen-bond donors (Lipinski definition) is 1. The second-order valence-corrected chi connectivity index (χ2v) is 8.12. The molecule has 2 aromatic rings. The molecule has 1 saturated heterocycles. The zero-order valence-electron chi connectivity index (χ0n) is 19.2. The van der Waals surface area contributed by atoms with E-state index >= 15 is 0 Å². The number of methoxy groups -OCH3 is 2. The average Bonchev–Trinajstić information content (AvgIpc) is 3.03. The molecule has 1 aliphatic rings. The summed E-state index contributed by atoms with van der Waals surface area (Å²) in [4.78, 5) is 29.7. The number of nitrogens with zero attached hydrogens (tertiary/aromatic N) is 2. The summed E-state index contributed by atoms with van der Waals surface area (Å²) in [6.07, 6.45) is 0.674. The van der Waals surface area contributed by atoms with Crippen LogP contribution in [0.2, 0.25) is 0 Å². The number of benzene rings is 2. The van der Waals surface area contributed by atoms with E-state index in [0.717, 1.165) is 12.1 Å². The second kappa shape index (κ2) is 9.87. The van der Waals surface area contributed by atoms with E-state index in [9.17, 15) is 14.7 Å². The summed E-state index contributed by atoms with van der Waals surface area (Å²) < 4.78 is 10.9. The van der Waals surface area contributed by atoms with Crippen LogP contribution in [0.4, 0.5) is 0 Å². The zero-order valence-corrected chi connectivity index (χ0v) is 19.2. The third-order valence-corrected chi connectivity index (χ3v) is 5.60. The third-order valence-electron chi connectivity index (χ3n) is 5.60. The maximum absolute atomic E-state index is 13.1. The molecule has 2 aromatic carbocycles.